The minimum Gasteiger partial charge on any atom is -0.387 e. The van der Waals surface area contributed by atoms with E-state index in [0.717, 1.165) is 17.0 Å². The molecule has 0 radical (unpaired) electrons. The van der Waals surface area contributed by atoms with Gasteiger partial charge in [0.25, 0.3) is 0 Å². The monoisotopic (exact) mass is 186 g/mol. The Morgan fingerprint density at radius 2 is 2.29 bits per heavy atom. The Bertz CT molecular complexity index is 519. The Labute approximate surface area is 81.8 Å². The van der Waals surface area contributed by atoms with Crippen LogP contribution in [-0.4, -0.2) is 16.4 Å². The summed E-state index contributed by atoms with van der Waals surface area (Å²) in [6.45, 7) is 1.88. The Morgan fingerprint density at radius 1 is 1.50 bits per heavy atom. The smallest absolute Gasteiger partial charge is 0.166 e. The lowest BCUT2D eigenvalue weighted by Gasteiger charge is -2.01. The average Bonchev–Trinajstić information content (AvgIpc) is 2.55. The summed E-state index contributed by atoms with van der Waals surface area (Å²) in [6.07, 6.45) is 1.93. The highest BCUT2D eigenvalue weighted by atomic mass is 15.0. The van der Waals surface area contributed by atoms with Crippen LogP contribution in [0.25, 0.3) is 5.52 Å². The largest absolute Gasteiger partial charge is 0.387 e. The zero-order valence-electron chi connectivity index (χ0n) is 8.07. The molecule has 14 heavy (non-hydrogen) atoms. The maximum Gasteiger partial charge on any atom is 0.166 e. The number of rotatable bonds is 1. The molecule has 0 aliphatic heterocycles. The van der Waals surface area contributed by atoms with E-state index in [9.17, 15) is 0 Å². The van der Waals surface area contributed by atoms with Gasteiger partial charge >= 0.3 is 0 Å². The van der Waals surface area contributed by atoms with Crippen LogP contribution >= 0.6 is 0 Å². The normalized spacial score (nSPS) is 10.1. The second kappa shape index (κ2) is 3.04. The lowest BCUT2D eigenvalue weighted by Crippen LogP contribution is -1.93. The third-order valence-electron chi connectivity index (χ3n) is 2.21. The van der Waals surface area contributed by atoms with Gasteiger partial charge in [0.05, 0.1) is 11.2 Å². The molecule has 0 spiro atoms. The van der Waals surface area contributed by atoms with Gasteiger partial charge in [-0.25, -0.2) is 4.98 Å². The van der Waals surface area contributed by atoms with Gasteiger partial charge in [0, 0.05) is 13.2 Å². The van der Waals surface area contributed by atoms with Crippen LogP contribution < -0.4 is 5.32 Å². The lowest BCUT2D eigenvalue weighted by atomic mass is 10.3. The summed E-state index contributed by atoms with van der Waals surface area (Å²) in [5.41, 5.74) is 2.33. The van der Waals surface area contributed by atoms with Crippen molar-refractivity contribution in [2.75, 3.05) is 12.4 Å². The van der Waals surface area contributed by atoms with Crippen LogP contribution in [0.5, 0.6) is 0 Å². The van der Waals surface area contributed by atoms with Crippen LogP contribution in [0.3, 0.4) is 0 Å². The molecule has 0 saturated carbocycles. The van der Waals surface area contributed by atoms with Crippen LogP contribution in [-0.2, 0) is 0 Å². The number of nitrogens with zero attached hydrogens (tertiary/aromatic N) is 3. The Balaban J connectivity index is 2.78. The molecule has 4 heteroatoms. The summed E-state index contributed by atoms with van der Waals surface area (Å²) >= 11 is 0. The molecule has 0 aliphatic rings. The number of hydrogen-bond donors (Lipinski definition) is 1. The molecule has 2 heterocycles. The predicted molar refractivity (Wildman–Crippen MR) is 54.2 cm³/mol. The molecule has 0 fully saturated rings. The third-order valence-corrected chi connectivity index (χ3v) is 2.21. The van der Waals surface area contributed by atoms with Gasteiger partial charge in [-0.2, -0.15) is 5.26 Å². The fourth-order valence-corrected chi connectivity index (χ4v) is 1.46. The molecule has 0 saturated heterocycles. The van der Waals surface area contributed by atoms with Crippen molar-refractivity contribution in [3.05, 3.63) is 29.8 Å². The summed E-state index contributed by atoms with van der Waals surface area (Å²) in [4.78, 5) is 4.16. The molecule has 0 bridgehead atoms. The average molecular weight is 186 g/mol. The minimum absolute atomic E-state index is 0.477. The first kappa shape index (κ1) is 8.57. The van der Waals surface area contributed by atoms with Crippen molar-refractivity contribution in [2.24, 2.45) is 0 Å². The molecule has 0 atom stereocenters. The van der Waals surface area contributed by atoms with E-state index in [1.54, 1.807) is 0 Å². The standard InChI is InChI=1S/C10H10N4/c1-7-13-9(5-11)10-4-3-8(12-2)6-14(7)10/h3-4,6,12H,1-2H3. The van der Waals surface area contributed by atoms with Crippen molar-refractivity contribution in [2.45, 2.75) is 6.92 Å². The number of fused-ring (bicyclic) bond motifs is 1. The van der Waals surface area contributed by atoms with Crippen LogP contribution in [0.1, 0.15) is 11.5 Å². The zero-order valence-corrected chi connectivity index (χ0v) is 8.07. The first-order valence-electron chi connectivity index (χ1n) is 4.33. The number of nitriles is 1. The highest BCUT2D eigenvalue weighted by Gasteiger charge is 2.06. The molecule has 2 aromatic heterocycles. The van der Waals surface area contributed by atoms with Crippen LogP contribution in [0.2, 0.25) is 0 Å². The topological polar surface area (TPSA) is 53.1 Å². The molecule has 0 unspecified atom stereocenters. The summed E-state index contributed by atoms with van der Waals surface area (Å²) in [5, 5.41) is 11.9. The Morgan fingerprint density at radius 3 is 2.93 bits per heavy atom. The van der Waals surface area contributed by atoms with Crippen molar-refractivity contribution in [1.29, 1.82) is 5.26 Å². The van der Waals surface area contributed by atoms with E-state index in [-0.39, 0.29) is 0 Å². The molecular formula is C10H10N4. The molecular weight excluding hydrogens is 176 g/mol. The predicted octanol–water partition coefficient (Wildman–Crippen LogP) is 1.56. The molecule has 0 aliphatic carbocycles. The molecule has 70 valence electrons. The van der Waals surface area contributed by atoms with E-state index >= 15 is 0 Å². The summed E-state index contributed by atoms with van der Waals surface area (Å²) in [7, 11) is 1.86. The van der Waals surface area contributed by atoms with E-state index in [2.05, 4.69) is 16.4 Å². The SMILES string of the molecule is CNc1ccc2c(C#N)nc(C)n2c1. The first-order chi connectivity index (χ1) is 6.76. The molecule has 2 aromatic rings. The van der Waals surface area contributed by atoms with Gasteiger partial charge in [0.1, 0.15) is 11.9 Å². The Hall–Kier alpha value is -2.02. The highest BCUT2D eigenvalue weighted by Crippen LogP contribution is 2.15. The maximum atomic E-state index is 8.83. The second-order valence-electron chi connectivity index (χ2n) is 3.04. The maximum absolute atomic E-state index is 8.83. The van der Waals surface area contributed by atoms with E-state index in [4.69, 9.17) is 5.26 Å². The minimum atomic E-state index is 0.477. The number of hydrogen-bond acceptors (Lipinski definition) is 3. The number of anilines is 1. The summed E-state index contributed by atoms with van der Waals surface area (Å²) in [5.74, 6) is 0.827. The number of aryl methyl sites for hydroxylation is 1. The van der Waals surface area contributed by atoms with Crippen molar-refractivity contribution >= 4 is 11.2 Å². The van der Waals surface area contributed by atoms with Gasteiger partial charge in [0.15, 0.2) is 5.69 Å². The Kier molecular flexibility index (Phi) is 1.86. The molecule has 0 amide bonds. The van der Waals surface area contributed by atoms with Crippen molar-refractivity contribution in [3.63, 3.8) is 0 Å². The van der Waals surface area contributed by atoms with Gasteiger partial charge in [-0.05, 0) is 19.1 Å². The lowest BCUT2D eigenvalue weighted by molar-refractivity contribution is 1.04. The summed E-state index contributed by atoms with van der Waals surface area (Å²) < 4.78 is 1.91. The van der Waals surface area contributed by atoms with E-state index in [0.29, 0.717) is 5.69 Å². The van der Waals surface area contributed by atoms with Crippen molar-refractivity contribution in [1.82, 2.24) is 9.38 Å². The molecule has 1 N–H and O–H groups in total. The molecule has 2 rings (SSSR count). The van der Waals surface area contributed by atoms with Crippen LogP contribution in [0.15, 0.2) is 18.3 Å². The van der Waals surface area contributed by atoms with Gasteiger partial charge < -0.3 is 9.72 Å². The fraction of sp³-hybridized carbons (Fsp3) is 0.200. The van der Waals surface area contributed by atoms with Gasteiger partial charge in [-0.1, -0.05) is 0 Å². The number of aromatic nitrogens is 2. The number of pyridine rings is 1. The zero-order chi connectivity index (χ0) is 10.1. The fourth-order valence-electron chi connectivity index (χ4n) is 1.46. The number of nitrogens with one attached hydrogen (secondary N) is 1. The second-order valence-corrected chi connectivity index (χ2v) is 3.04. The molecule has 4 nitrogen and oxygen atoms in total. The number of imidazole rings is 1. The van der Waals surface area contributed by atoms with Crippen molar-refractivity contribution in [3.8, 4) is 6.07 Å². The highest BCUT2D eigenvalue weighted by molar-refractivity contribution is 5.62. The van der Waals surface area contributed by atoms with Crippen LogP contribution in [0.4, 0.5) is 5.69 Å². The quantitative estimate of drug-likeness (QED) is 0.735. The molecule has 0 aromatic carbocycles. The van der Waals surface area contributed by atoms with E-state index in [1.165, 1.54) is 0 Å². The van der Waals surface area contributed by atoms with Gasteiger partial charge in [-0.15, -0.1) is 0 Å². The van der Waals surface area contributed by atoms with Gasteiger partial charge in [-0.3, -0.25) is 0 Å². The van der Waals surface area contributed by atoms with Gasteiger partial charge in [0.2, 0.25) is 0 Å². The van der Waals surface area contributed by atoms with E-state index < -0.39 is 0 Å². The van der Waals surface area contributed by atoms with E-state index in [1.807, 2.05) is 36.7 Å². The first-order valence-corrected chi connectivity index (χ1v) is 4.33. The third kappa shape index (κ3) is 1.11. The van der Waals surface area contributed by atoms with Crippen LogP contribution in [0, 0.1) is 18.3 Å². The summed E-state index contributed by atoms with van der Waals surface area (Å²) in [6, 6.07) is 5.90. The van der Waals surface area contributed by atoms with Crippen molar-refractivity contribution < 1.29 is 0 Å².